The lowest BCUT2D eigenvalue weighted by molar-refractivity contribution is 0.508. The Morgan fingerprint density at radius 2 is 1.95 bits per heavy atom. The maximum absolute atomic E-state index is 6.39. The summed E-state index contributed by atoms with van der Waals surface area (Å²) in [6.07, 6.45) is 2.27. The largest absolute Gasteiger partial charge is 0.395 e. The molecule has 1 aromatic carbocycles. The number of aromatic nitrogens is 1. The van der Waals surface area contributed by atoms with E-state index in [1.807, 2.05) is 5.51 Å². The Hall–Kier alpha value is -1.29. The third-order valence-corrected chi connectivity index (χ3v) is 4.57. The Morgan fingerprint density at radius 3 is 2.55 bits per heavy atom. The monoisotopic (exact) mass is 291 g/mol. The Morgan fingerprint density at radius 1 is 1.25 bits per heavy atom. The zero-order valence-corrected chi connectivity index (χ0v) is 13.7. The number of rotatable bonds is 6. The molecule has 0 aliphatic carbocycles. The lowest BCUT2D eigenvalue weighted by Crippen LogP contribution is -2.37. The van der Waals surface area contributed by atoms with Gasteiger partial charge in [0.25, 0.3) is 0 Å². The van der Waals surface area contributed by atoms with Gasteiger partial charge in [0.1, 0.15) is 5.52 Å². The van der Waals surface area contributed by atoms with Crippen LogP contribution in [-0.2, 0) is 0 Å². The Balaban J connectivity index is 2.46. The van der Waals surface area contributed by atoms with Crippen LogP contribution >= 0.6 is 11.3 Å². The number of nitrogen functional groups attached to an aromatic ring is 1. The van der Waals surface area contributed by atoms with Gasteiger partial charge in [-0.25, -0.2) is 4.98 Å². The molecular weight excluding hydrogens is 266 g/mol. The minimum atomic E-state index is 0.538. The molecule has 0 saturated heterocycles. The molecule has 110 valence electrons. The van der Waals surface area contributed by atoms with Gasteiger partial charge in [-0.05, 0) is 30.9 Å². The van der Waals surface area contributed by atoms with Crippen LogP contribution < -0.4 is 10.6 Å². The number of thiazole rings is 1. The van der Waals surface area contributed by atoms with E-state index in [1.54, 1.807) is 11.3 Å². The molecule has 0 radical (unpaired) electrons. The molecule has 1 heterocycles. The van der Waals surface area contributed by atoms with E-state index in [0.717, 1.165) is 36.3 Å². The summed E-state index contributed by atoms with van der Waals surface area (Å²) in [5.41, 5.74) is 11.2. The van der Waals surface area contributed by atoms with Gasteiger partial charge >= 0.3 is 0 Å². The van der Waals surface area contributed by atoms with Crippen molar-refractivity contribution in [3.63, 3.8) is 0 Å². The van der Waals surface area contributed by atoms with Gasteiger partial charge in [0.15, 0.2) is 0 Å². The highest BCUT2D eigenvalue weighted by molar-refractivity contribution is 7.16. The van der Waals surface area contributed by atoms with E-state index in [2.05, 4.69) is 49.7 Å². The molecule has 0 unspecified atom stereocenters. The number of nitrogens with two attached hydrogens (primary N) is 1. The van der Waals surface area contributed by atoms with Gasteiger partial charge in [-0.2, -0.15) is 0 Å². The molecule has 3 nitrogen and oxygen atoms in total. The third-order valence-electron chi connectivity index (χ3n) is 3.77. The summed E-state index contributed by atoms with van der Waals surface area (Å²) in [5.74, 6) is 0.612. The molecule has 4 heteroatoms. The van der Waals surface area contributed by atoms with Crippen LogP contribution in [0.1, 0.15) is 40.5 Å². The Bertz CT molecular complexity index is 558. The summed E-state index contributed by atoms with van der Waals surface area (Å²) in [4.78, 5) is 6.89. The van der Waals surface area contributed by atoms with Crippen molar-refractivity contribution < 1.29 is 0 Å². The highest BCUT2D eigenvalue weighted by Crippen LogP contribution is 2.34. The van der Waals surface area contributed by atoms with Crippen LogP contribution in [0.4, 0.5) is 11.4 Å². The van der Waals surface area contributed by atoms with Gasteiger partial charge < -0.3 is 10.6 Å². The maximum Gasteiger partial charge on any atom is 0.106 e. The first-order chi connectivity index (χ1) is 9.58. The average molecular weight is 291 g/mol. The molecule has 0 amide bonds. The average Bonchev–Trinajstić information content (AvgIpc) is 2.88. The Kier molecular flexibility index (Phi) is 4.86. The van der Waals surface area contributed by atoms with Crippen molar-refractivity contribution in [3.8, 4) is 0 Å². The summed E-state index contributed by atoms with van der Waals surface area (Å²) < 4.78 is 1.17. The fraction of sp³-hybridized carbons (Fsp3) is 0.562. The van der Waals surface area contributed by atoms with Crippen molar-refractivity contribution in [1.29, 1.82) is 0 Å². The quantitative estimate of drug-likeness (QED) is 0.795. The molecule has 0 spiro atoms. The van der Waals surface area contributed by atoms with Crippen LogP contribution in [0.3, 0.4) is 0 Å². The number of nitrogens with zero attached hydrogens (tertiary/aromatic N) is 2. The number of benzene rings is 1. The van der Waals surface area contributed by atoms with Crippen molar-refractivity contribution in [1.82, 2.24) is 4.98 Å². The van der Waals surface area contributed by atoms with Gasteiger partial charge in [0, 0.05) is 12.6 Å². The van der Waals surface area contributed by atoms with Crippen LogP contribution in [0.2, 0.25) is 0 Å². The molecule has 0 atom stereocenters. The molecule has 1 aromatic heterocycles. The van der Waals surface area contributed by atoms with E-state index < -0.39 is 0 Å². The van der Waals surface area contributed by atoms with Gasteiger partial charge in [-0.1, -0.05) is 27.7 Å². The molecule has 2 aromatic rings. The maximum atomic E-state index is 6.39. The van der Waals surface area contributed by atoms with Crippen LogP contribution in [-0.4, -0.2) is 17.6 Å². The number of fused-ring (bicyclic) bond motifs is 1. The SMILES string of the molecule is CCC(CC)N(CC(C)C)c1ccc2scnc2c1N. The van der Waals surface area contributed by atoms with Crippen molar-refractivity contribution in [2.45, 2.75) is 46.6 Å². The molecule has 2 N–H and O–H groups in total. The summed E-state index contributed by atoms with van der Waals surface area (Å²) in [6.45, 7) is 10.0. The first kappa shape index (κ1) is 15.1. The standard InChI is InChI=1S/C16H25N3S/c1-5-12(6-2)19(9-11(3)4)13-7-8-14-16(15(13)17)18-10-20-14/h7-8,10-12H,5-6,9,17H2,1-4H3. The molecular formula is C16H25N3S. The summed E-state index contributed by atoms with van der Waals surface area (Å²) in [6, 6.07) is 4.85. The predicted octanol–water partition coefficient (Wildman–Crippen LogP) is 4.53. The van der Waals surface area contributed by atoms with Crippen LogP contribution in [0, 0.1) is 5.92 Å². The number of hydrogen-bond donors (Lipinski definition) is 1. The van der Waals surface area contributed by atoms with Crippen molar-refractivity contribution in [2.75, 3.05) is 17.2 Å². The van der Waals surface area contributed by atoms with Crippen molar-refractivity contribution >= 4 is 32.9 Å². The van der Waals surface area contributed by atoms with E-state index >= 15 is 0 Å². The fourth-order valence-electron chi connectivity index (χ4n) is 2.76. The Labute approximate surface area is 125 Å². The first-order valence-corrected chi connectivity index (χ1v) is 8.34. The highest BCUT2D eigenvalue weighted by Gasteiger charge is 2.20. The molecule has 0 fully saturated rings. The van der Waals surface area contributed by atoms with Crippen molar-refractivity contribution in [3.05, 3.63) is 17.6 Å². The van der Waals surface area contributed by atoms with Gasteiger partial charge in [0.05, 0.1) is 21.6 Å². The second kappa shape index (κ2) is 6.44. The van der Waals surface area contributed by atoms with E-state index in [9.17, 15) is 0 Å². The summed E-state index contributed by atoms with van der Waals surface area (Å²) >= 11 is 1.65. The molecule has 0 saturated carbocycles. The minimum absolute atomic E-state index is 0.538. The molecule has 0 bridgehead atoms. The number of anilines is 2. The summed E-state index contributed by atoms with van der Waals surface area (Å²) in [5, 5.41) is 0. The predicted molar refractivity (Wildman–Crippen MR) is 90.6 cm³/mol. The van der Waals surface area contributed by atoms with Gasteiger partial charge in [-0.3, -0.25) is 0 Å². The van der Waals surface area contributed by atoms with Gasteiger partial charge in [0.2, 0.25) is 0 Å². The zero-order valence-electron chi connectivity index (χ0n) is 12.9. The van der Waals surface area contributed by atoms with Crippen molar-refractivity contribution in [2.24, 2.45) is 5.92 Å². The summed E-state index contributed by atoms with van der Waals surface area (Å²) in [7, 11) is 0. The second-order valence-electron chi connectivity index (χ2n) is 5.71. The second-order valence-corrected chi connectivity index (χ2v) is 6.60. The van der Waals surface area contributed by atoms with E-state index in [0.29, 0.717) is 12.0 Å². The van der Waals surface area contributed by atoms with E-state index in [1.165, 1.54) is 4.70 Å². The molecule has 20 heavy (non-hydrogen) atoms. The molecule has 2 rings (SSSR count). The lowest BCUT2D eigenvalue weighted by Gasteiger charge is -2.35. The van der Waals surface area contributed by atoms with Gasteiger partial charge in [-0.15, -0.1) is 11.3 Å². The molecule has 0 aliphatic rings. The van der Waals surface area contributed by atoms with Crippen LogP contribution in [0.25, 0.3) is 10.2 Å². The van der Waals surface area contributed by atoms with Crippen LogP contribution in [0.5, 0.6) is 0 Å². The lowest BCUT2D eigenvalue weighted by atomic mass is 10.1. The normalized spacial score (nSPS) is 11.7. The number of hydrogen-bond acceptors (Lipinski definition) is 4. The first-order valence-electron chi connectivity index (χ1n) is 7.46. The highest BCUT2D eigenvalue weighted by atomic mass is 32.1. The topological polar surface area (TPSA) is 42.2 Å². The third kappa shape index (κ3) is 2.90. The zero-order chi connectivity index (χ0) is 14.7. The van der Waals surface area contributed by atoms with E-state index in [-0.39, 0.29) is 0 Å². The fourth-order valence-corrected chi connectivity index (χ4v) is 3.45. The minimum Gasteiger partial charge on any atom is -0.395 e. The smallest absolute Gasteiger partial charge is 0.106 e. The van der Waals surface area contributed by atoms with E-state index in [4.69, 9.17) is 5.73 Å². The molecule has 0 aliphatic heterocycles. The van der Waals surface area contributed by atoms with Crippen LogP contribution in [0.15, 0.2) is 17.6 Å².